The van der Waals surface area contributed by atoms with Gasteiger partial charge in [0.15, 0.2) is 5.82 Å². The minimum Gasteiger partial charge on any atom is -0.370 e. The van der Waals surface area contributed by atoms with Crippen molar-refractivity contribution in [2.45, 2.75) is 32.4 Å². The number of rotatable bonds is 4. The Morgan fingerprint density at radius 2 is 2.29 bits per heavy atom. The van der Waals surface area contributed by atoms with E-state index in [0.29, 0.717) is 5.82 Å². The Morgan fingerprint density at radius 1 is 1.48 bits per heavy atom. The molecular formula is C13H14FN5O2. The second-order valence-electron chi connectivity index (χ2n) is 4.99. The summed E-state index contributed by atoms with van der Waals surface area (Å²) in [7, 11) is 0. The van der Waals surface area contributed by atoms with E-state index < -0.39 is 16.4 Å². The van der Waals surface area contributed by atoms with Crippen LogP contribution in [0.5, 0.6) is 0 Å². The Kier molecular flexibility index (Phi) is 3.28. The number of anilines is 1. The van der Waals surface area contributed by atoms with Crippen molar-refractivity contribution in [3.8, 4) is 0 Å². The molecule has 1 N–H and O–H groups in total. The normalized spacial score (nSPS) is 14.8. The number of nitro benzene ring substituents is 1. The van der Waals surface area contributed by atoms with Crippen LogP contribution >= 0.6 is 0 Å². The van der Waals surface area contributed by atoms with Gasteiger partial charge in [-0.15, -0.1) is 10.2 Å². The molecule has 8 heteroatoms. The van der Waals surface area contributed by atoms with Gasteiger partial charge in [0.1, 0.15) is 11.5 Å². The summed E-state index contributed by atoms with van der Waals surface area (Å²) in [5.74, 6) is 0.775. The third-order valence-corrected chi connectivity index (χ3v) is 3.57. The molecule has 0 saturated heterocycles. The van der Waals surface area contributed by atoms with Crippen LogP contribution in [0.2, 0.25) is 0 Å². The Balaban J connectivity index is 1.90. The molecule has 2 aromatic rings. The zero-order valence-corrected chi connectivity index (χ0v) is 11.4. The molecule has 0 unspecified atom stereocenters. The van der Waals surface area contributed by atoms with Crippen molar-refractivity contribution >= 4 is 11.4 Å². The van der Waals surface area contributed by atoms with E-state index in [4.69, 9.17) is 0 Å². The fourth-order valence-electron chi connectivity index (χ4n) is 2.61. The number of fused-ring (bicyclic) bond motifs is 1. The van der Waals surface area contributed by atoms with Gasteiger partial charge in [-0.1, -0.05) is 6.07 Å². The number of nitrogens with one attached hydrogen (secondary N) is 1. The molecule has 0 amide bonds. The van der Waals surface area contributed by atoms with Crippen LogP contribution in [0.25, 0.3) is 0 Å². The predicted molar refractivity (Wildman–Crippen MR) is 73.4 cm³/mol. The summed E-state index contributed by atoms with van der Waals surface area (Å²) in [6.07, 6.45) is 1.91. The molecule has 1 aromatic carbocycles. The number of hydrogen-bond acceptors (Lipinski definition) is 5. The van der Waals surface area contributed by atoms with Crippen LogP contribution in [0.1, 0.15) is 31.0 Å². The van der Waals surface area contributed by atoms with E-state index in [9.17, 15) is 14.5 Å². The second kappa shape index (κ2) is 5.12. The number of hydrogen-bond donors (Lipinski definition) is 1. The Morgan fingerprint density at radius 3 is 3.05 bits per heavy atom. The van der Waals surface area contributed by atoms with E-state index in [0.717, 1.165) is 31.3 Å². The Labute approximate surface area is 120 Å². The number of nitro groups is 1. The van der Waals surface area contributed by atoms with E-state index in [1.807, 2.05) is 11.5 Å². The van der Waals surface area contributed by atoms with E-state index in [1.165, 1.54) is 12.1 Å². The smallest absolute Gasteiger partial charge is 0.327 e. The lowest BCUT2D eigenvalue weighted by atomic mass is 10.2. The van der Waals surface area contributed by atoms with Crippen LogP contribution in [0, 0.1) is 15.9 Å². The summed E-state index contributed by atoms with van der Waals surface area (Å²) in [6, 6.07) is 3.69. The summed E-state index contributed by atoms with van der Waals surface area (Å²) < 4.78 is 15.6. The van der Waals surface area contributed by atoms with Crippen LogP contribution < -0.4 is 5.32 Å². The van der Waals surface area contributed by atoms with E-state index in [1.54, 1.807) is 0 Å². The average molecular weight is 291 g/mol. The highest BCUT2D eigenvalue weighted by atomic mass is 19.1. The first-order valence-electron chi connectivity index (χ1n) is 6.69. The maximum absolute atomic E-state index is 13.6. The van der Waals surface area contributed by atoms with Crippen molar-refractivity contribution in [3.05, 3.63) is 45.8 Å². The zero-order chi connectivity index (χ0) is 15.0. The number of benzene rings is 1. The molecule has 3 rings (SSSR count). The van der Waals surface area contributed by atoms with Gasteiger partial charge >= 0.3 is 5.69 Å². The van der Waals surface area contributed by atoms with Gasteiger partial charge in [0.2, 0.25) is 5.82 Å². The molecule has 2 heterocycles. The van der Waals surface area contributed by atoms with Crippen LogP contribution in [-0.2, 0) is 13.0 Å². The highest BCUT2D eigenvalue weighted by Gasteiger charge is 2.25. The maximum Gasteiger partial charge on any atom is 0.327 e. The highest BCUT2D eigenvalue weighted by Crippen LogP contribution is 2.30. The largest absolute Gasteiger partial charge is 0.370 e. The highest BCUT2D eigenvalue weighted by molar-refractivity contribution is 5.62. The van der Waals surface area contributed by atoms with Crippen LogP contribution in [-0.4, -0.2) is 19.7 Å². The number of aromatic nitrogens is 3. The summed E-state index contributed by atoms with van der Waals surface area (Å²) in [6.45, 7) is 2.67. The molecule has 0 bridgehead atoms. The molecule has 7 nitrogen and oxygen atoms in total. The quantitative estimate of drug-likeness (QED) is 0.690. The monoisotopic (exact) mass is 291 g/mol. The van der Waals surface area contributed by atoms with Crippen molar-refractivity contribution in [2.24, 2.45) is 0 Å². The number of halogens is 1. The first-order chi connectivity index (χ1) is 10.1. The predicted octanol–water partition coefficient (Wildman–Crippen LogP) is 2.44. The number of aryl methyl sites for hydroxylation is 1. The maximum atomic E-state index is 13.6. The molecule has 0 saturated carbocycles. The van der Waals surface area contributed by atoms with Crippen molar-refractivity contribution in [1.82, 2.24) is 14.8 Å². The van der Waals surface area contributed by atoms with Gasteiger partial charge in [0.05, 0.1) is 11.0 Å². The standard InChI is InChI=1S/C13H14FN5O2/c1-8(13-17-16-11-6-3-7-18(11)13)15-10-5-2-4-9(14)12(10)19(20)21/h2,4-5,8,15H,3,6-7H2,1H3/t8-/m1/s1. The summed E-state index contributed by atoms with van der Waals surface area (Å²) in [5, 5.41) is 22.2. The van der Waals surface area contributed by atoms with Crippen LogP contribution in [0.3, 0.4) is 0 Å². The molecule has 21 heavy (non-hydrogen) atoms. The van der Waals surface area contributed by atoms with Gasteiger partial charge in [-0.3, -0.25) is 10.1 Å². The van der Waals surface area contributed by atoms with E-state index in [-0.39, 0.29) is 11.7 Å². The fourth-order valence-corrected chi connectivity index (χ4v) is 2.61. The topological polar surface area (TPSA) is 85.9 Å². The van der Waals surface area contributed by atoms with Gasteiger partial charge in [0, 0.05) is 13.0 Å². The summed E-state index contributed by atoms with van der Waals surface area (Å²) in [4.78, 5) is 10.3. The van der Waals surface area contributed by atoms with Gasteiger partial charge in [-0.2, -0.15) is 4.39 Å². The molecule has 1 aromatic heterocycles. The second-order valence-corrected chi connectivity index (χ2v) is 4.99. The fraction of sp³-hybridized carbons (Fsp3) is 0.385. The van der Waals surface area contributed by atoms with Crippen molar-refractivity contribution in [1.29, 1.82) is 0 Å². The summed E-state index contributed by atoms with van der Waals surface area (Å²) >= 11 is 0. The van der Waals surface area contributed by atoms with Crippen molar-refractivity contribution in [3.63, 3.8) is 0 Å². The molecule has 1 aliphatic heterocycles. The Bertz CT molecular complexity index is 700. The lowest BCUT2D eigenvalue weighted by Crippen LogP contribution is -2.14. The van der Waals surface area contributed by atoms with Gasteiger partial charge < -0.3 is 9.88 Å². The first-order valence-corrected chi connectivity index (χ1v) is 6.69. The zero-order valence-electron chi connectivity index (χ0n) is 11.4. The third-order valence-electron chi connectivity index (χ3n) is 3.57. The van der Waals surface area contributed by atoms with Crippen LogP contribution in [0.4, 0.5) is 15.8 Å². The summed E-state index contributed by atoms with van der Waals surface area (Å²) in [5.41, 5.74) is -0.409. The molecule has 0 aliphatic carbocycles. The van der Waals surface area contributed by atoms with Gasteiger partial charge in [-0.05, 0) is 25.5 Å². The molecule has 1 aliphatic rings. The minimum absolute atomic E-state index is 0.142. The van der Waals surface area contributed by atoms with Crippen molar-refractivity contribution in [2.75, 3.05) is 5.32 Å². The molecular weight excluding hydrogens is 277 g/mol. The van der Waals surface area contributed by atoms with Gasteiger partial charge in [0.25, 0.3) is 0 Å². The Hall–Kier alpha value is -2.51. The SMILES string of the molecule is C[C@@H](Nc1cccc(F)c1[N+](=O)[O-])c1nnc2n1CCC2. The molecule has 0 spiro atoms. The van der Waals surface area contributed by atoms with Gasteiger partial charge in [-0.25, -0.2) is 0 Å². The number of nitrogens with zero attached hydrogens (tertiary/aromatic N) is 4. The molecule has 110 valence electrons. The molecule has 0 fully saturated rings. The van der Waals surface area contributed by atoms with Crippen molar-refractivity contribution < 1.29 is 9.31 Å². The van der Waals surface area contributed by atoms with E-state index in [2.05, 4.69) is 15.5 Å². The lowest BCUT2D eigenvalue weighted by Gasteiger charge is -2.15. The van der Waals surface area contributed by atoms with E-state index >= 15 is 0 Å². The minimum atomic E-state index is -0.858. The average Bonchev–Trinajstić information content (AvgIpc) is 2.99. The van der Waals surface area contributed by atoms with Crippen LogP contribution in [0.15, 0.2) is 18.2 Å². The molecule has 0 radical (unpaired) electrons. The third kappa shape index (κ3) is 2.32. The first kappa shape index (κ1) is 13.5. The number of para-hydroxylation sites is 1. The lowest BCUT2D eigenvalue weighted by molar-refractivity contribution is -0.386. The molecule has 1 atom stereocenters.